The monoisotopic (exact) mass is 371 g/mol. The van der Waals surface area contributed by atoms with Gasteiger partial charge in [-0.2, -0.15) is 13.2 Å². The molecule has 0 aromatic heterocycles. The van der Waals surface area contributed by atoms with Crippen LogP contribution in [0, 0.1) is 0 Å². The third kappa shape index (κ3) is 2.34. The molecule has 0 radical (unpaired) electrons. The highest BCUT2D eigenvalue weighted by Gasteiger charge is 2.40. The van der Waals surface area contributed by atoms with Crippen LogP contribution in [0.5, 0.6) is 0 Å². The average Bonchev–Trinajstić information content (AvgIpc) is 2.68. The lowest BCUT2D eigenvalue weighted by Gasteiger charge is -2.13. The normalized spacial score (nSPS) is 14.6. The van der Waals surface area contributed by atoms with Gasteiger partial charge in [-0.25, -0.2) is 0 Å². The summed E-state index contributed by atoms with van der Waals surface area (Å²) in [4.78, 5) is 11.4. The first-order chi connectivity index (χ1) is 8.34. The number of benzene rings is 1. The van der Waals surface area contributed by atoms with Gasteiger partial charge in [-0.3, -0.25) is 8.32 Å². The molecule has 0 spiro atoms. The van der Waals surface area contributed by atoms with Crippen molar-refractivity contribution < 1.29 is 27.6 Å². The van der Waals surface area contributed by atoms with Gasteiger partial charge in [0.2, 0.25) is 0 Å². The summed E-state index contributed by atoms with van der Waals surface area (Å²) >= 11 is 1.53. The Balaban J connectivity index is 2.62. The van der Waals surface area contributed by atoms with E-state index in [1.807, 2.05) is 0 Å². The van der Waals surface area contributed by atoms with E-state index in [-0.39, 0.29) is 23.2 Å². The van der Waals surface area contributed by atoms with E-state index < -0.39 is 24.8 Å². The second-order valence-corrected chi connectivity index (χ2v) is 4.22. The molecule has 18 heavy (non-hydrogen) atoms. The Morgan fingerprint density at radius 3 is 2.72 bits per heavy atom. The number of alkyl halides is 3. The smallest absolute Gasteiger partial charge is 0.423 e. The highest BCUT2D eigenvalue weighted by atomic mass is 127. The van der Waals surface area contributed by atoms with Gasteiger partial charge in [-0.05, 0) is 23.2 Å². The fourth-order valence-corrected chi connectivity index (χ4v) is 2.08. The third-order valence-electron chi connectivity index (χ3n) is 2.59. The first-order valence-corrected chi connectivity index (χ1v) is 5.87. The van der Waals surface area contributed by atoms with Crippen LogP contribution >= 0.6 is 22.9 Å². The summed E-state index contributed by atoms with van der Waals surface area (Å²) < 4.78 is 45.5. The Labute approximate surface area is 114 Å². The molecule has 1 aromatic carbocycles. The zero-order valence-electron chi connectivity index (χ0n) is 8.71. The molecule has 2 rings (SSSR count). The van der Waals surface area contributed by atoms with Crippen LogP contribution in [-0.2, 0) is 17.4 Å². The van der Waals surface area contributed by atoms with E-state index in [9.17, 15) is 23.0 Å². The number of rotatable bonds is 1. The van der Waals surface area contributed by atoms with Gasteiger partial charge in [-0.1, -0.05) is 0 Å². The molecule has 1 aromatic rings. The molecule has 0 saturated heterocycles. The molecule has 96 valence electrons. The second kappa shape index (κ2) is 4.70. The highest BCUT2D eigenvalue weighted by Crippen LogP contribution is 2.34. The van der Waals surface area contributed by atoms with Crippen molar-refractivity contribution in [1.82, 2.24) is 3.53 Å². The molecule has 0 saturated carbocycles. The fourth-order valence-electron chi connectivity index (χ4n) is 1.77. The standard InChI is InChI=1S/C9H6BF3INO3/c11-9(12,13)6-1-4(8(16)15-14)2-7-5(6)3-18-10(7)17/h1-2,17H,3H2,(H,15,16). The molecule has 2 N–H and O–H groups in total. The zero-order chi connectivity index (χ0) is 13.5. The number of amides is 1. The molecule has 4 nitrogen and oxygen atoms in total. The van der Waals surface area contributed by atoms with Crippen LogP contribution in [0.4, 0.5) is 13.2 Å². The number of carbonyl (C=O) groups excluding carboxylic acids is 1. The molecule has 0 aliphatic carbocycles. The summed E-state index contributed by atoms with van der Waals surface area (Å²) in [6.07, 6.45) is -4.60. The minimum absolute atomic E-state index is 0.0141. The minimum Gasteiger partial charge on any atom is -0.423 e. The van der Waals surface area contributed by atoms with Crippen molar-refractivity contribution in [2.45, 2.75) is 12.8 Å². The van der Waals surface area contributed by atoms with Crippen molar-refractivity contribution in [2.24, 2.45) is 0 Å². The molecule has 1 aliphatic rings. The van der Waals surface area contributed by atoms with Crippen LogP contribution in [0.3, 0.4) is 0 Å². The van der Waals surface area contributed by atoms with Gasteiger partial charge in [0.15, 0.2) is 0 Å². The Morgan fingerprint density at radius 1 is 1.50 bits per heavy atom. The molecule has 1 heterocycles. The molecule has 0 fully saturated rings. The molecule has 0 bridgehead atoms. The number of hydrogen-bond donors (Lipinski definition) is 2. The van der Waals surface area contributed by atoms with Crippen molar-refractivity contribution in [3.63, 3.8) is 0 Å². The van der Waals surface area contributed by atoms with Crippen molar-refractivity contribution in [2.75, 3.05) is 0 Å². The van der Waals surface area contributed by atoms with E-state index in [2.05, 4.69) is 3.53 Å². The summed E-state index contributed by atoms with van der Waals surface area (Å²) in [5.74, 6) is -0.664. The maximum absolute atomic E-state index is 12.8. The van der Waals surface area contributed by atoms with Crippen LogP contribution in [0.2, 0.25) is 0 Å². The van der Waals surface area contributed by atoms with Gasteiger partial charge in [-0.15, -0.1) is 0 Å². The van der Waals surface area contributed by atoms with E-state index in [1.54, 1.807) is 0 Å². The molecule has 1 aliphatic heterocycles. The summed E-state index contributed by atoms with van der Waals surface area (Å²) in [6.45, 7) is -0.322. The van der Waals surface area contributed by atoms with Crippen molar-refractivity contribution in [3.8, 4) is 0 Å². The Hall–Kier alpha value is -0.805. The SMILES string of the molecule is O=C(NI)c1cc2c(c(C(F)(F)F)c1)COB2O. The van der Waals surface area contributed by atoms with Crippen LogP contribution in [0.25, 0.3) is 0 Å². The maximum atomic E-state index is 12.8. The van der Waals surface area contributed by atoms with E-state index >= 15 is 0 Å². The maximum Gasteiger partial charge on any atom is 0.491 e. The predicted octanol–water partition coefficient (Wildman–Crippen LogP) is 1.00. The first-order valence-electron chi connectivity index (χ1n) is 4.79. The summed E-state index contributed by atoms with van der Waals surface area (Å²) in [5.41, 5.74) is -1.26. The Kier molecular flexibility index (Phi) is 3.56. The van der Waals surface area contributed by atoms with E-state index in [4.69, 9.17) is 4.65 Å². The van der Waals surface area contributed by atoms with Crippen LogP contribution in [0.1, 0.15) is 21.5 Å². The second-order valence-electron chi connectivity index (χ2n) is 3.68. The van der Waals surface area contributed by atoms with Crippen molar-refractivity contribution in [1.29, 1.82) is 0 Å². The fraction of sp³-hybridized carbons (Fsp3) is 0.222. The summed E-state index contributed by atoms with van der Waals surface area (Å²) in [6, 6.07) is 1.96. The molecular weight excluding hydrogens is 365 g/mol. The number of nitrogens with one attached hydrogen (secondary N) is 1. The molecular formula is C9H6BF3INO3. The highest BCUT2D eigenvalue weighted by molar-refractivity contribution is 14.1. The van der Waals surface area contributed by atoms with Gasteiger partial charge >= 0.3 is 13.3 Å². The number of halogens is 4. The molecule has 1 amide bonds. The van der Waals surface area contributed by atoms with E-state index in [0.29, 0.717) is 0 Å². The van der Waals surface area contributed by atoms with Gasteiger partial charge in [0, 0.05) is 5.56 Å². The molecule has 9 heteroatoms. The Bertz CT molecular complexity index is 509. The number of fused-ring (bicyclic) bond motifs is 1. The topological polar surface area (TPSA) is 58.6 Å². The van der Waals surface area contributed by atoms with Crippen LogP contribution in [-0.4, -0.2) is 18.0 Å². The van der Waals surface area contributed by atoms with Gasteiger partial charge < -0.3 is 9.68 Å². The lowest BCUT2D eigenvalue weighted by Crippen LogP contribution is -2.31. The Morgan fingerprint density at radius 2 is 2.17 bits per heavy atom. The van der Waals surface area contributed by atoms with E-state index in [1.165, 1.54) is 28.9 Å². The van der Waals surface area contributed by atoms with Crippen molar-refractivity contribution in [3.05, 3.63) is 28.8 Å². The van der Waals surface area contributed by atoms with Gasteiger partial charge in [0.25, 0.3) is 5.91 Å². The van der Waals surface area contributed by atoms with Gasteiger partial charge in [0.05, 0.1) is 35.0 Å². The first kappa shape index (κ1) is 13.6. The van der Waals surface area contributed by atoms with Crippen molar-refractivity contribution >= 4 is 41.4 Å². The lowest BCUT2D eigenvalue weighted by molar-refractivity contribution is -0.138. The quantitative estimate of drug-likeness (QED) is 0.440. The van der Waals surface area contributed by atoms with Crippen LogP contribution in [0.15, 0.2) is 12.1 Å². The molecule has 0 atom stereocenters. The predicted molar refractivity (Wildman–Crippen MR) is 65.3 cm³/mol. The summed E-state index contributed by atoms with van der Waals surface area (Å²) in [5, 5.41) is 9.43. The zero-order valence-corrected chi connectivity index (χ0v) is 10.9. The molecule has 0 unspecified atom stereocenters. The summed E-state index contributed by atoms with van der Waals surface area (Å²) in [7, 11) is -1.43. The van der Waals surface area contributed by atoms with E-state index in [0.717, 1.165) is 6.07 Å². The van der Waals surface area contributed by atoms with Gasteiger partial charge in [0.1, 0.15) is 0 Å². The third-order valence-corrected chi connectivity index (χ3v) is 3.08. The number of hydrogen-bond acceptors (Lipinski definition) is 3. The number of carbonyl (C=O) groups is 1. The largest absolute Gasteiger partial charge is 0.491 e. The minimum atomic E-state index is -4.60. The average molecular weight is 371 g/mol. The van der Waals surface area contributed by atoms with Crippen LogP contribution < -0.4 is 8.99 Å². The lowest BCUT2D eigenvalue weighted by atomic mass is 9.77.